The average Bonchev–Trinajstić information content (AvgIpc) is 2.35. The molecule has 0 bridgehead atoms. The van der Waals surface area contributed by atoms with Gasteiger partial charge in [0.2, 0.25) is 0 Å². The minimum atomic E-state index is 0.00609. The van der Waals surface area contributed by atoms with Gasteiger partial charge < -0.3 is 14.8 Å². The quantitative estimate of drug-likeness (QED) is 0.687. The molecule has 126 valence electrons. The van der Waals surface area contributed by atoms with Gasteiger partial charge in [0.25, 0.3) is 0 Å². The minimum Gasteiger partial charge on any atom is -0.379 e. The fraction of sp³-hybridized carbons (Fsp3) is 1.00. The van der Waals surface area contributed by atoms with Crippen molar-refractivity contribution in [2.45, 2.75) is 78.4 Å². The number of hydrogen-bond acceptors (Lipinski definition) is 3. The molecule has 1 saturated carbocycles. The van der Waals surface area contributed by atoms with Crippen LogP contribution in [0.5, 0.6) is 0 Å². The molecule has 1 N–H and O–H groups in total. The van der Waals surface area contributed by atoms with Crippen molar-refractivity contribution < 1.29 is 9.47 Å². The van der Waals surface area contributed by atoms with Gasteiger partial charge in [-0.15, -0.1) is 0 Å². The van der Waals surface area contributed by atoms with E-state index in [9.17, 15) is 0 Å². The summed E-state index contributed by atoms with van der Waals surface area (Å²) in [4.78, 5) is 0. The van der Waals surface area contributed by atoms with Crippen LogP contribution in [0.1, 0.15) is 67.2 Å². The van der Waals surface area contributed by atoms with Gasteiger partial charge in [-0.1, -0.05) is 33.6 Å². The highest BCUT2D eigenvalue weighted by molar-refractivity contribution is 4.91. The molecule has 0 aromatic heterocycles. The van der Waals surface area contributed by atoms with Gasteiger partial charge >= 0.3 is 0 Å². The van der Waals surface area contributed by atoms with E-state index in [1.54, 1.807) is 0 Å². The number of ether oxygens (including phenoxy) is 2. The SMILES string of the molecule is CC(C)COCCOC1(CNC(C)(C)C)CCCC(C)C1. The second-order valence-corrected chi connectivity index (χ2v) is 8.31. The first kappa shape index (κ1) is 18.9. The van der Waals surface area contributed by atoms with E-state index in [1.165, 1.54) is 25.7 Å². The van der Waals surface area contributed by atoms with E-state index in [1.807, 2.05) is 0 Å². The number of rotatable bonds is 8. The lowest BCUT2D eigenvalue weighted by Gasteiger charge is -2.42. The smallest absolute Gasteiger partial charge is 0.0810 e. The molecular weight excluding hydrogens is 262 g/mol. The summed E-state index contributed by atoms with van der Waals surface area (Å²) in [5.41, 5.74) is 0.150. The predicted molar refractivity (Wildman–Crippen MR) is 89.7 cm³/mol. The number of hydrogen-bond donors (Lipinski definition) is 1. The zero-order chi connectivity index (χ0) is 15.9. The van der Waals surface area contributed by atoms with Gasteiger partial charge in [-0.2, -0.15) is 0 Å². The summed E-state index contributed by atoms with van der Waals surface area (Å²) in [6.45, 7) is 16.6. The highest BCUT2D eigenvalue weighted by Gasteiger charge is 2.36. The van der Waals surface area contributed by atoms with E-state index in [0.29, 0.717) is 19.1 Å². The monoisotopic (exact) mass is 299 g/mol. The van der Waals surface area contributed by atoms with Crippen LogP contribution in [0.3, 0.4) is 0 Å². The first-order chi connectivity index (χ1) is 9.72. The molecule has 0 heterocycles. The Bertz CT molecular complexity index is 285. The van der Waals surface area contributed by atoms with Crippen molar-refractivity contribution in [1.29, 1.82) is 0 Å². The Balaban J connectivity index is 2.44. The molecule has 3 heteroatoms. The Kier molecular flexibility index (Phi) is 7.66. The van der Waals surface area contributed by atoms with Crippen LogP contribution in [0, 0.1) is 11.8 Å². The van der Waals surface area contributed by atoms with E-state index in [0.717, 1.165) is 19.1 Å². The Morgan fingerprint density at radius 2 is 1.95 bits per heavy atom. The molecule has 3 nitrogen and oxygen atoms in total. The largest absolute Gasteiger partial charge is 0.379 e. The highest BCUT2D eigenvalue weighted by atomic mass is 16.5. The molecule has 0 aromatic rings. The number of nitrogens with one attached hydrogen (secondary N) is 1. The molecule has 1 aliphatic rings. The Labute approximate surface area is 132 Å². The second kappa shape index (κ2) is 8.50. The Morgan fingerprint density at radius 1 is 1.24 bits per heavy atom. The van der Waals surface area contributed by atoms with Crippen molar-refractivity contribution in [2.24, 2.45) is 11.8 Å². The van der Waals surface area contributed by atoms with Gasteiger partial charge in [-0.3, -0.25) is 0 Å². The molecule has 2 atom stereocenters. The van der Waals surface area contributed by atoms with E-state index in [-0.39, 0.29) is 11.1 Å². The van der Waals surface area contributed by atoms with Crippen molar-refractivity contribution in [3.8, 4) is 0 Å². The molecule has 1 aliphatic carbocycles. The van der Waals surface area contributed by atoms with Gasteiger partial charge in [0.05, 0.1) is 18.8 Å². The molecule has 0 saturated heterocycles. The van der Waals surface area contributed by atoms with Gasteiger partial charge in [-0.05, 0) is 45.4 Å². The zero-order valence-electron chi connectivity index (χ0n) is 15.1. The van der Waals surface area contributed by atoms with E-state index < -0.39 is 0 Å². The Hall–Kier alpha value is -0.120. The van der Waals surface area contributed by atoms with E-state index in [4.69, 9.17) is 9.47 Å². The Morgan fingerprint density at radius 3 is 2.52 bits per heavy atom. The molecule has 2 unspecified atom stereocenters. The molecule has 1 fully saturated rings. The summed E-state index contributed by atoms with van der Waals surface area (Å²) in [5.74, 6) is 1.35. The summed E-state index contributed by atoms with van der Waals surface area (Å²) >= 11 is 0. The second-order valence-electron chi connectivity index (χ2n) is 8.31. The molecule has 21 heavy (non-hydrogen) atoms. The summed E-state index contributed by atoms with van der Waals surface area (Å²) in [6.07, 6.45) is 4.95. The van der Waals surface area contributed by atoms with Crippen LogP contribution in [0.2, 0.25) is 0 Å². The van der Waals surface area contributed by atoms with Gasteiger partial charge in [0, 0.05) is 18.7 Å². The third kappa shape index (κ3) is 8.18. The third-order valence-electron chi connectivity index (χ3n) is 4.08. The van der Waals surface area contributed by atoms with Crippen LogP contribution in [0.25, 0.3) is 0 Å². The molecular formula is C18H37NO2. The van der Waals surface area contributed by atoms with Gasteiger partial charge in [0.1, 0.15) is 0 Å². The fourth-order valence-corrected chi connectivity index (χ4v) is 3.02. The summed E-state index contributed by atoms with van der Waals surface area (Å²) < 4.78 is 12.0. The van der Waals surface area contributed by atoms with Crippen molar-refractivity contribution >= 4 is 0 Å². The van der Waals surface area contributed by atoms with Crippen molar-refractivity contribution in [2.75, 3.05) is 26.4 Å². The maximum absolute atomic E-state index is 6.33. The molecule has 1 rings (SSSR count). The summed E-state index contributed by atoms with van der Waals surface area (Å²) in [5, 5.41) is 3.65. The maximum Gasteiger partial charge on any atom is 0.0810 e. The lowest BCUT2D eigenvalue weighted by molar-refractivity contribution is -0.0986. The molecule has 0 amide bonds. The molecule has 0 aromatic carbocycles. The molecule has 0 radical (unpaired) electrons. The normalized spacial score (nSPS) is 27.3. The van der Waals surface area contributed by atoms with Crippen LogP contribution < -0.4 is 5.32 Å². The fourth-order valence-electron chi connectivity index (χ4n) is 3.02. The van der Waals surface area contributed by atoms with Gasteiger partial charge in [-0.25, -0.2) is 0 Å². The summed E-state index contributed by atoms with van der Waals surface area (Å²) in [6, 6.07) is 0. The predicted octanol–water partition coefficient (Wildman–Crippen LogP) is 4.01. The highest BCUT2D eigenvalue weighted by Crippen LogP contribution is 2.35. The van der Waals surface area contributed by atoms with Gasteiger partial charge in [0.15, 0.2) is 0 Å². The minimum absolute atomic E-state index is 0.00609. The third-order valence-corrected chi connectivity index (χ3v) is 4.08. The van der Waals surface area contributed by atoms with Crippen molar-refractivity contribution in [3.05, 3.63) is 0 Å². The molecule has 0 aliphatic heterocycles. The standard InChI is InChI=1S/C18H37NO2/c1-15(2)13-20-10-11-21-18(14-19-17(4,5)6)9-7-8-16(3)12-18/h15-16,19H,7-14H2,1-6H3. The van der Waals surface area contributed by atoms with Crippen LogP contribution in [0.4, 0.5) is 0 Å². The summed E-state index contributed by atoms with van der Waals surface area (Å²) in [7, 11) is 0. The average molecular weight is 299 g/mol. The zero-order valence-corrected chi connectivity index (χ0v) is 15.1. The lowest BCUT2D eigenvalue weighted by atomic mass is 9.78. The topological polar surface area (TPSA) is 30.5 Å². The first-order valence-electron chi connectivity index (χ1n) is 8.69. The van der Waals surface area contributed by atoms with Crippen molar-refractivity contribution in [3.63, 3.8) is 0 Å². The van der Waals surface area contributed by atoms with Crippen LogP contribution in [0.15, 0.2) is 0 Å². The lowest BCUT2D eigenvalue weighted by Crippen LogP contribution is -2.51. The van der Waals surface area contributed by atoms with Crippen LogP contribution in [-0.4, -0.2) is 37.5 Å². The van der Waals surface area contributed by atoms with Crippen LogP contribution >= 0.6 is 0 Å². The first-order valence-corrected chi connectivity index (χ1v) is 8.69. The molecule has 0 spiro atoms. The van der Waals surface area contributed by atoms with Crippen LogP contribution in [-0.2, 0) is 9.47 Å². The van der Waals surface area contributed by atoms with E-state index >= 15 is 0 Å². The van der Waals surface area contributed by atoms with E-state index in [2.05, 4.69) is 46.9 Å². The maximum atomic E-state index is 6.33. The van der Waals surface area contributed by atoms with Crippen molar-refractivity contribution in [1.82, 2.24) is 5.32 Å².